The Morgan fingerprint density at radius 1 is 0.897 bits per heavy atom. The van der Waals surface area contributed by atoms with E-state index >= 15 is 0 Å². The summed E-state index contributed by atoms with van der Waals surface area (Å²) in [4.78, 5) is 31.0. The second-order valence-electron chi connectivity index (χ2n) is 6.57. The average molecular weight is 390 g/mol. The molecule has 1 amide bonds. The molecule has 1 fully saturated rings. The minimum absolute atomic E-state index is 0.0286. The third-order valence-corrected chi connectivity index (χ3v) is 4.79. The number of benzene rings is 1. The Bertz CT molecular complexity index is 1000. The van der Waals surface area contributed by atoms with Crippen LogP contribution in [0.1, 0.15) is 10.4 Å². The summed E-state index contributed by atoms with van der Waals surface area (Å²) in [6, 6.07) is 15.1. The van der Waals surface area contributed by atoms with Crippen molar-refractivity contribution in [1.29, 1.82) is 0 Å². The molecule has 0 bridgehead atoms. The van der Waals surface area contributed by atoms with Crippen LogP contribution in [0.3, 0.4) is 0 Å². The number of amides is 1. The molecule has 0 atom stereocenters. The first-order valence-electron chi connectivity index (χ1n) is 9.15. The average Bonchev–Trinajstić information content (AvgIpc) is 2.79. The summed E-state index contributed by atoms with van der Waals surface area (Å²) in [5.41, 5.74) is 1.90. The van der Waals surface area contributed by atoms with Gasteiger partial charge in [-0.25, -0.2) is 0 Å². The summed E-state index contributed by atoms with van der Waals surface area (Å²) in [6.45, 7) is 2.35. The largest absolute Gasteiger partial charge is 0.352 e. The Morgan fingerprint density at radius 3 is 2.24 bits per heavy atom. The van der Waals surface area contributed by atoms with Gasteiger partial charge >= 0.3 is 0 Å². The number of hydrogen-bond donors (Lipinski definition) is 0. The molecule has 146 valence electrons. The van der Waals surface area contributed by atoms with E-state index in [1.807, 2.05) is 30.3 Å². The highest BCUT2D eigenvalue weighted by Gasteiger charge is 2.23. The van der Waals surface area contributed by atoms with Crippen LogP contribution in [0.5, 0.6) is 0 Å². The topological polar surface area (TPSA) is 105 Å². The van der Waals surface area contributed by atoms with Gasteiger partial charge in [0, 0.05) is 50.1 Å². The van der Waals surface area contributed by atoms with E-state index in [0.717, 1.165) is 11.5 Å². The smallest absolute Gasteiger partial charge is 0.269 e. The zero-order valence-corrected chi connectivity index (χ0v) is 15.5. The summed E-state index contributed by atoms with van der Waals surface area (Å²) in [5.74, 6) is 0.628. The molecule has 0 saturated carbocycles. The molecule has 1 aliphatic rings. The summed E-state index contributed by atoms with van der Waals surface area (Å²) < 4.78 is 0. The van der Waals surface area contributed by atoms with Crippen molar-refractivity contribution >= 4 is 17.4 Å². The molecule has 1 aliphatic heterocycles. The van der Waals surface area contributed by atoms with Crippen LogP contribution >= 0.6 is 0 Å². The number of carbonyl (C=O) groups excluding carboxylic acids is 1. The third kappa shape index (κ3) is 4.03. The zero-order chi connectivity index (χ0) is 20.2. The molecule has 0 aliphatic carbocycles. The number of rotatable bonds is 4. The molecular weight excluding hydrogens is 372 g/mol. The predicted molar refractivity (Wildman–Crippen MR) is 106 cm³/mol. The first kappa shape index (κ1) is 18.5. The van der Waals surface area contributed by atoms with Crippen LogP contribution in [0.15, 0.2) is 60.8 Å². The molecule has 0 unspecified atom stereocenters. The maximum absolute atomic E-state index is 12.6. The minimum atomic E-state index is -0.479. The molecule has 9 nitrogen and oxygen atoms in total. The fourth-order valence-electron chi connectivity index (χ4n) is 3.19. The summed E-state index contributed by atoms with van der Waals surface area (Å²) in [5, 5.41) is 19.3. The highest BCUT2D eigenvalue weighted by Crippen LogP contribution is 2.19. The number of carbonyl (C=O) groups is 1. The van der Waals surface area contributed by atoms with Gasteiger partial charge in [-0.05, 0) is 36.4 Å². The Labute approximate surface area is 166 Å². The van der Waals surface area contributed by atoms with Gasteiger partial charge in [-0.15, -0.1) is 10.2 Å². The third-order valence-electron chi connectivity index (χ3n) is 4.79. The zero-order valence-electron chi connectivity index (χ0n) is 15.5. The maximum Gasteiger partial charge on any atom is 0.269 e. The Balaban J connectivity index is 1.37. The van der Waals surface area contributed by atoms with E-state index in [1.54, 1.807) is 11.1 Å². The fraction of sp³-hybridized carbons (Fsp3) is 0.200. The second kappa shape index (κ2) is 8.01. The summed E-state index contributed by atoms with van der Waals surface area (Å²) in [6.07, 6.45) is 1.71. The molecule has 29 heavy (non-hydrogen) atoms. The van der Waals surface area contributed by atoms with Crippen LogP contribution in [0.4, 0.5) is 11.5 Å². The molecule has 3 heterocycles. The van der Waals surface area contributed by atoms with E-state index in [2.05, 4.69) is 20.1 Å². The highest BCUT2D eigenvalue weighted by molar-refractivity contribution is 5.94. The van der Waals surface area contributed by atoms with Crippen LogP contribution in [0.25, 0.3) is 11.4 Å². The minimum Gasteiger partial charge on any atom is -0.352 e. The predicted octanol–water partition coefficient (Wildman–Crippen LogP) is 2.41. The van der Waals surface area contributed by atoms with Crippen molar-refractivity contribution < 1.29 is 9.72 Å². The van der Waals surface area contributed by atoms with Crippen molar-refractivity contribution in [3.8, 4) is 11.4 Å². The van der Waals surface area contributed by atoms with Crippen molar-refractivity contribution in [2.45, 2.75) is 0 Å². The van der Waals surface area contributed by atoms with Crippen molar-refractivity contribution in [1.82, 2.24) is 20.1 Å². The lowest BCUT2D eigenvalue weighted by Gasteiger charge is -2.35. The lowest BCUT2D eigenvalue weighted by atomic mass is 10.1. The van der Waals surface area contributed by atoms with Gasteiger partial charge in [0.25, 0.3) is 11.6 Å². The number of nitrogens with zero attached hydrogens (tertiary/aromatic N) is 6. The van der Waals surface area contributed by atoms with Crippen LogP contribution in [0, 0.1) is 10.1 Å². The first-order chi connectivity index (χ1) is 14.1. The molecule has 2 aromatic heterocycles. The standard InChI is InChI=1S/C20H18N6O3/c27-20(15-4-6-16(7-5-15)26(28)29)25-13-11-24(12-14-25)19-9-8-18(22-23-19)17-3-1-2-10-21-17/h1-10H,11-14H2. The molecule has 1 aromatic carbocycles. The molecule has 1 saturated heterocycles. The normalized spacial score (nSPS) is 13.9. The molecule has 0 spiro atoms. The number of nitro groups is 1. The van der Waals surface area contributed by atoms with Crippen LogP contribution in [0.2, 0.25) is 0 Å². The number of non-ortho nitro benzene ring substituents is 1. The van der Waals surface area contributed by atoms with Gasteiger partial charge in [-0.3, -0.25) is 19.9 Å². The van der Waals surface area contributed by atoms with Crippen LogP contribution in [-0.2, 0) is 0 Å². The van der Waals surface area contributed by atoms with Gasteiger partial charge in [0.05, 0.1) is 10.6 Å². The summed E-state index contributed by atoms with van der Waals surface area (Å²) in [7, 11) is 0. The van der Waals surface area contributed by atoms with E-state index in [-0.39, 0.29) is 11.6 Å². The van der Waals surface area contributed by atoms with Crippen molar-refractivity contribution in [2.75, 3.05) is 31.1 Å². The van der Waals surface area contributed by atoms with Gasteiger partial charge in [0.1, 0.15) is 5.69 Å². The van der Waals surface area contributed by atoms with Gasteiger partial charge in [-0.2, -0.15) is 0 Å². The number of nitro benzene ring substituents is 1. The first-order valence-corrected chi connectivity index (χ1v) is 9.15. The molecule has 9 heteroatoms. The SMILES string of the molecule is O=C(c1ccc([N+](=O)[O-])cc1)N1CCN(c2ccc(-c3ccccn3)nn2)CC1. The number of piperazine rings is 1. The van der Waals surface area contributed by atoms with Crippen molar-refractivity contribution in [3.05, 3.63) is 76.5 Å². The fourth-order valence-corrected chi connectivity index (χ4v) is 3.19. The number of pyridine rings is 1. The van der Waals surface area contributed by atoms with E-state index in [1.165, 1.54) is 24.3 Å². The Morgan fingerprint density at radius 2 is 1.66 bits per heavy atom. The molecule has 4 rings (SSSR count). The number of hydrogen-bond acceptors (Lipinski definition) is 7. The monoisotopic (exact) mass is 390 g/mol. The lowest BCUT2D eigenvalue weighted by Crippen LogP contribution is -2.49. The molecule has 3 aromatic rings. The van der Waals surface area contributed by atoms with Crippen molar-refractivity contribution in [2.24, 2.45) is 0 Å². The maximum atomic E-state index is 12.6. The highest BCUT2D eigenvalue weighted by atomic mass is 16.6. The van der Waals surface area contributed by atoms with Crippen LogP contribution < -0.4 is 4.90 Å². The molecular formula is C20H18N6O3. The van der Waals surface area contributed by atoms with Crippen LogP contribution in [-0.4, -0.2) is 57.1 Å². The van der Waals surface area contributed by atoms with Gasteiger partial charge in [0.2, 0.25) is 0 Å². The van der Waals surface area contributed by atoms with E-state index in [9.17, 15) is 14.9 Å². The summed E-state index contributed by atoms with van der Waals surface area (Å²) >= 11 is 0. The number of aromatic nitrogens is 3. The second-order valence-corrected chi connectivity index (χ2v) is 6.57. The Hall–Kier alpha value is -3.88. The van der Waals surface area contributed by atoms with E-state index < -0.39 is 4.92 Å². The van der Waals surface area contributed by atoms with Crippen molar-refractivity contribution in [3.63, 3.8) is 0 Å². The van der Waals surface area contributed by atoms with Gasteiger partial charge in [0.15, 0.2) is 5.82 Å². The van der Waals surface area contributed by atoms with Gasteiger partial charge in [-0.1, -0.05) is 6.07 Å². The van der Waals surface area contributed by atoms with E-state index in [4.69, 9.17) is 0 Å². The quantitative estimate of drug-likeness (QED) is 0.497. The molecule has 0 radical (unpaired) electrons. The number of anilines is 1. The Kier molecular flexibility index (Phi) is 5.10. The van der Waals surface area contributed by atoms with Gasteiger partial charge < -0.3 is 9.80 Å². The lowest BCUT2D eigenvalue weighted by molar-refractivity contribution is -0.384. The van der Waals surface area contributed by atoms with E-state index in [0.29, 0.717) is 37.4 Å². The molecule has 0 N–H and O–H groups in total.